The first-order valence-electron chi connectivity index (χ1n) is 4.95. The van der Waals surface area contributed by atoms with Crippen LogP contribution in [-0.4, -0.2) is 22.4 Å². The number of aliphatic hydroxyl groups excluding tert-OH is 1. The van der Waals surface area contributed by atoms with Crippen molar-refractivity contribution in [2.75, 3.05) is 6.61 Å². The van der Waals surface area contributed by atoms with Crippen molar-refractivity contribution in [2.45, 2.75) is 25.9 Å². The van der Waals surface area contributed by atoms with Gasteiger partial charge in [0.25, 0.3) is 0 Å². The smallest absolute Gasteiger partial charge is 0.0940 e. The zero-order chi connectivity index (χ0) is 10.6. The van der Waals surface area contributed by atoms with Crippen LogP contribution in [0.25, 0.3) is 0 Å². The molecule has 1 unspecified atom stereocenters. The first kappa shape index (κ1) is 11.2. The molecule has 0 aliphatic carbocycles. The summed E-state index contributed by atoms with van der Waals surface area (Å²) in [5, 5.41) is 19.3. The fraction of sp³-hybridized carbons (Fsp3) is 0.500. The molecule has 0 saturated heterocycles. The van der Waals surface area contributed by atoms with E-state index in [0.29, 0.717) is 6.42 Å². The van der Waals surface area contributed by atoms with Crippen LogP contribution >= 0.6 is 0 Å². The number of benzene rings is 1. The van der Waals surface area contributed by atoms with Crippen molar-refractivity contribution < 1.29 is 10.2 Å². The van der Waals surface area contributed by atoms with E-state index in [-0.39, 0.29) is 12.5 Å². The van der Waals surface area contributed by atoms with E-state index in [1.807, 2.05) is 44.2 Å². The summed E-state index contributed by atoms with van der Waals surface area (Å²) in [5.74, 6) is 0.0488. The highest BCUT2D eigenvalue weighted by Crippen LogP contribution is 2.21. The standard InChI is InChI=1S/C12H18O2/c1-10(2)12(14,9-13)8-11-6-4-3-5-7-11/h3-7,10,13-14H,8-9H2,1-2H3. The van der Waals surface area contributed by atoms with Gasteiger partial charge in [-0.3, -0.25) is 0 Å². The monoisotopic (exact) mass is 194 g/mol. The highest BCUT2D eigenvalue weighted by molar-refractivity contribution is 5.17. The number of hydrogen-bond donors (Lipinski definition) is 2. The van der Waals surface area contributed by atoms with E-state index < -0.39 is 5.60 Å². The Kier molecular flexibility index (Phi) is 3.67. The Labute approximate surface area is 85.2 Å². The molecular weight excluding hydrogens is 176 g/mol. The summed E-state index contributed by atoms with van der Waals surface area (Å²) in [4.78, 5) is 0. The third-order valence-corrected chi connectivity index (χ3v) is 2.70. The fourth-order valence-corrected chi connectivity index (χ4v) is 1.39. The van der Waals surface area contributed by atoms with Crippen molar-refractivity contribution in [3.63, 3.8) is 0 Å². The van der Waals surface area contributed by atoms with Crippen molar-refractivity contribution >= 4 is 0 Å². The lowest BCUT2D eigenvalue weighted by Gasteiger charge is -2.30. The van der Waals surface area contributed by atoms with Gasteiger partial charge in [-0.2, -0.15) is 0 Å². The van der Waals surface area contributed by atoms with Crippen LogP contribution in [0.3, 0.4) is 0 Å². The molecule has 0 bridgehead atoms. The van der Waals surface area contributed by atoms with E-state index in [2.05, 4.69) is 0 Å². The molecule has 0 spiro atoms. The maximum atomic E-state index is 10.1. The van der Waals surface area contributed by atoms with Crippen LogP contribution in [0, 0.1) is 5.92 Å². The average molecular weight is 194 g/mol. The summed E-state index contributed by atoms with van der Waals surface area (Å²) in [6.45, 7) is 3.64. The van der Waals surface area contributed by atoms with Gasteiger partial charge >= 0.3 is 0 Å². The van der Waals surface area contributed by atoms with E-state index in [1.54, 1.807) is 0 Å². The summed E-state index contributed by atoms with van der Waals surface area (Å²) >= 11 is 0. The Morgan fingerprint density at radius 1 is 1.21 bits per heavy atom. The molecule has 1 aromatic carbocycles. The van der Waals surface area contributed by atoms with Gasteiger partial charge in [0.15, 0.2) is 0 Å². The van der Waals surface area contributed by atoms with Crippen molar-refractivity contribution in [2.24, 2.45) is 5.92 Å². The summed E-state index contributed by atoms with van der Waals surface area (Å²) < 4.78 is 0. The molecule has 14 heavy (non-hydrogen) atoms. The number of rotatable bonds is 4. The molecule has 0 radical (unpaired) electrons. The van der Waals surface area contributed by atoms with Gasteiger partial charge in [0, 0.05) is 6.42 Å². The molecule has 0 saturated carbocycles. The average Bonchev–Trinajstić information content (AvgIpc) is 2.19. The Hall–Kier alpha value is -0.860. The molecule has 0 amide bonds. The Balaban J connectivity index is 2.76. The zero-order valence-corrected chi connectivity index (χ0v) is 8.77. The number of aliphatic hydroxyl groups is 2. The van der Waals surface area contributed by atoms with Crippen molar-refractivity contribution in [3.8, 4) is 0 Å². The largest absolute Gasteiger partial charge is 0.393 e. The molecule has 0 heterocycles. The molecular formula is C12H18O2. The predicted octanol–water partition coefficient (Wildman–Crippen LogP) is 1.61. The zero-order valence-electron chi connectivity index (χ0n) is 8.77. The molecule has 0 aliphatic rings. The quantitative estimate of drug-likeness (QED) is 0.764. The summed E-state index contributed by atoms with van der Waals surface area (Å²) in [6, 6.07) is 9.74. The van der Waals surface area contributed by atoms with Crippen LogP contribution in [0.1, 0.15) is 19.4 Å². The van der Waals surface area contributed by atoms with E-state index in [0.717, 1.165) is 5.56 Å². The van der Waals surface area contributed by atoms with Crippen LogP contribution in [0.4, 0.5) is 0 Å². The number of hydrogen-bond acceptors (Lipinski definition) is 2. The van der Waals surface area contributed by atoms with Crippen molar-refractivity contribution in [3.05, 3.63) is 35.9 Å². The molecule has 1 rings (SSSR count). The van der Waals surface area contributed by atoms with Crippen LogP contribution in [0.2, 0.25) is 0 Å². The SMILES string of the molecule is CC(C)C(O)(CO)Cc1ccccc1. The molecule has 0 aliphatic heterocycles. The maximum Gasteiger partial charge on any atom is 0.0940 e. The fourth-order valence-electron chi connectivity index (χ4n) is 1.39. The van der Waals surface area contributed by atoms with Crippen molar-refractivity contribution in [1.29, 1.82) is 0 Å². The van der Waals surface area contributed by atoms with Gasteiger partial charge < -0.3 is 10.2 Å². The molecule has 2 N–H and O–H groups in total. The van der Waals surface area contributed by atoms with E-state index >= 15 is 0 Å². The Morgan fingerprint density at radius 3 is 2.21 bits per heavy atom. The van der Waals surface area contributed by atoms with Gasteiger partial charge in [0.1, 0.15) is 0 Å². The van der Waals surface area contributed by atoms with Gasteiger partial charge in [-0.05, 0) is 11.5 Å². The maximum absolute atomic E-state index is 10.1. The van der Waals surface area contributed by atoms with Gasteiger partial charge in [-0.15, -0.1) is 0 Å². The second kappa shape index (κ2) is 4.58. The molecule has 2 heteroatoms. The molecule has 2 nitrogen and oxygen atoms in total. The third-order valence-electron chi connectivity index (χ3n) is 2.70. The predicted molar refractivity (Wildman–Crippen MR) is 57.0 cm³/mol. The second-order valence-corrected chi connectivity index (χ2v) is 4.08. The summed E-state index contributed by atoms with van der Waals surface area (Å²) in [7, 11) is 0. The molecule has 1 atom stereocenters. The highest BCUT2D eigenvalue weighted by atomic mass is 16.3. The van der Waals surface area contributed by atoms with Crippen LogP contribution in [-0.2, 0) is 6.42 Å². The lowest BCUT2D eigenvalue weighted by molar-refractivity contribution is -0.0504. The minimum absolute atomic E-state index is 0.0488. The molecule has 78 valence electrons. The first-order chi connectivity index (χ1) is 6.58. The van der Waals surface area contributed by atoms with Crippen LogP contribution < -0.4 is 0 Å². The first-order valence-corrected chi connectivity index (χ1v) is 4.95. The molecule has 0 aromatic heterocycles. The third kappa shape index (κ3) is 2.56. The van der Waals surface area contributed by atoms with Gasteiger partial charge in [-0.1, -0.05) is 44.2 Å². The minimum atomic E-state index is -0.999. The minimum Gasteiger partial charge on any atom is -0.393 e. The lowest BCUT2D eigenvalue weighted by atomic mass is 9.85. The summed E-state index contributed by atoms with van der Waals surface area (Å²) in [6.07, 6.45) is 0.502. The Bertz CT molecular complexity index is 269. The van der Waals surface area contributed by atoms with Gasteiger partial charge in [0.2, 0.25) is 0 Å². The van der Waals surface area contributed by atoms with Gasteiger partial charge in [0.05, 0.1) is 12.2 Å². The normalized spacial score (nSPS) is 15.5. The second-order valence-electron chi connectivity index (χ2n) is 4.08. The van der Waals surface area contributed by atoms with Crippen LogP contribution in [0.15, 0.2) is 30.3 Å². The molecule has 0 fully saturated rings. The topological polar surface area (TPSA) is 40.5 Å². The Morgan fingerprint density at radius 2 is 1.79 bits per heavy atom. The van der Waals surface area contributed by atoms with E-state index in [9.17, 15) is 5.11 Å². The van der Waals surface area contributed by atoms with E-state index in [4.69, 9.17) is 5.11 Å². The lowest BCUT2D eigenvalue weighted by Crippen LogP contribution is -2.41. The van der Waals surface area contributed by atoms with Crippen LogP contribution in [0.5, 0.6) is 0 Å². The highest BCUT2D eigenvalue weighted by Gasteiger charge is 2.30. The molecule has 1 aromatic rings. The van der Waals surface area contributed by atoms with E-state index in [1.165, 1.54) is 0 Å². The van der Waals surface area contributed by atoms with Crippen molar-refractivity contribution in [1.82, 2.24) is 0 Å². The summed E-state index contributed by atoms with van der Waals surface area (Å²) in [5.41, 5.74) is 0.0548. The van der Waals surface area contributed by atoms with Gasteiger partial charge in [-0.25, -0.2) is 0 Å².